The van der Waals surface area contributed by atoms with E-state index >= 15 is 0 Å². The highest BCUT2D eigenvalue weighted by Gasteiger charge is 2.29. The van der Waals surface area contributed by atoms with Crippen molar-refractivity contribution in [3.8, 4) is 6.07 Å². The molecule has 0 bridgehead atoms. The number of hydrogen-bond acceptors (Lipinski definition) is 6. The molecule has 2 aromatic heterocycles. The topological polar surface area (TPSA) is 70.2 Å². The van der Waals surface area contributed by atoms with Crippen molar-refractivity contribution >= 4 is 22.5 Å². The van der Waals surface area contributed by atoms with E-state index < -0.39 is 0 Å². The lowest BCUT2D eigenvalue weighted by atomic mass is 10.00. The summed E-state index contributed by atoms with van der Waals surface area (Å²) in [5.41, 5.74) is 5.27. The van der Waals surface area contributed by atoms with Crippen LogP contribution in [-0.2, 0) is 18.2 Å². The number of methoxy groups -OCH3 is 1. The standard InChI is InChI=1S/C23H28N6O/c1-5-16-10-17(22(12-24)29-9-8-18(14-29)30-4)6-7-20(16)28(3)23-11-21-19(13-25-23)26-15-27(21)2/h6-7,10-11,13,15,18,22H,5,8-9,14H2,1-4H3/t18-,22?/m1/s1. The molecule has 0 aliphatic carbocycles. The predicted octanol–water partition coefficient (Wildman–Crippen LogP) is 3.58. The summed E-state index contributed by atoms with van der Waals surface area (Å²) in [4.78, 5) is 13.3. The fourth-order valence-electron chi connectivity index (χ4n) is 4.26. The van der Waals surface area contributed by atoms with Crippen molar-refractivity contribution in [1.82, 2.24) is 19.4 Å². The van der Waals surface area contributed by atoms with E-state index in [9.17, 15) is 5.26 Å². The zero-order valence-electron chi connectivity index (χ0n) is 18.0. The molecular weight excluding hydrogens is 376 g/mol. The van der Waals surface area contributed by atoms with E-state index in [1.54, 1.807) is 13.4 Å². The second-order valence-corrected chi connectivity index (χ2v) is 7.86. The molecule has 156 valence electrons. The maximum Gasteiger partial charge on any atom is 0.134 e. The van der Waals surface area contributed by atoms with Gasteiger partial charge in [0.25, 0.3) is 0 Å². The van der Waals surface area contributed by atoms with Gasteiger partial charge in [-0.05, 0) is 30.0 Å². The fraction of sp³-hybridized carbons (Fsp3) is 0.435. The van der Waals surface area contributed by atoms with Crippen LogP contribution < -0.4 is 4.90 Å². The lowest BCUT2D eigenvalue weighted by Crippen LogP contribution is -2.27. The number of nitriles is 1. The molecule has 3 heterocycles. The highest BCUT2D eigenvalue weighted by Crippen LogP contribution is 2.32. The minimum Gasteiger partial charge on any atom is -0.380 e. The molecule has 4 rings (SSSR count). The highest BCUT2D eigenvalue weighted by molar-refractivity contribution is 5.79. The fourth-order valence-corrected chi connectivity index (χ4v) is 4.26. The van der Waals surface area contributed by atoms with Crippen molar-refractivity contribution in [2.24, 2.45) is 7.05 Å². The number of aryl methyl sites for hydroxylation is 2. The first kappa shape index (κ1) is 20.3. The molecule has 0 N–H and O–H groups in total. The lowest BCUT2D eigenvalue weighted by molar-refractivity contribution is 0.105. The summed E-state index contributed by atoms with van der Waals surface area (Å²) in [5, 5.41) is 9.86. The van der Waals surface area contributed by atoms with Crippen LogP contribution in [0.3, 0.4) is 0 Å². The van der Waals surface area contributed by atoms with Crippen LogP contribution in [0.25, 0.3) is 11.0 Å². The zero-order valence-corrected chi connectivity index (χ0v) is 18.0. The highest BCUT2D eigenvalue weighted by atomic mass is 16.5. The summed E-state index contributed by atoms with van der Waals surface area (Å²) in [6.45, 7) is 3.83. The van der Waals surface area contributed by atoms with E-state index in [1.807, 2.05) is 24.9 Å². The molecule has 1 fully saturated rings. The van der Waals surface area contributed by atoms with Crippen LogP contribution in [0.4, 0.5) is 11.5 Å². The molecule has 30 heavy (non-hydrogen) atoms. The molecule has 1 aliphatic heterocycles. The van der Waals surface area contributed by atoms with Crippen molar-refractivity contribution in [2.75, 3.05) is 32.1 Å². The lowest BCUT2D eigenvalue weighted by Gasteiger charge is -2.25. The maximum absolute atomic E-state index is 9.86. The van der Waals surface area contributed by atoms with Crippen molar-refractivity contribution in [2.45, 2.75) is 31.9 Å². The van der Waals surface area contributed by atoms with Crippen LogP contribution in [0.5, 0.6) is 0 Å². The van der Waals surface area contributed by atoms with Gasteiger partial charge in [-0.15, -0.1) is 0 Å². The Labute approximate surface area is 177 Å². The van der Waals surface area contributed by atoms with Gasteiger partial charge in [0, 0.05) is 46.0 Å². The number of fused-ring (bicyclic) bond motifs is 1. The number of likely N-dealkylation sites (tertiary alicyclic amines) is 1. The summed E-state index contributed by atoms with van der Waals surface area (Å²) in [6.07, 6.45) is 5.67. The van der Waals surface area contributed by atoms with Crippen LogP contribution in [0, 0.1) is 11.3 Å². The third-order valence-electron chi connectivity index (χ3n) is 6.10. The quantitative estimate of drug-likeness (QED) is 0.625. The van der Waals surface area contributed by atoms with Gasteiger partial charge >= 0.3 is 0 Å². The predicted molar refractivity (Wildman–Crippen MR) is 118 cm³/mol. The summed E-state index contributed by atoms with van der Waals surface area (Å²) < 4.78 is 7.48. The molecule has 1 unspecified atom stereocenters. The molecular formula is C23H28N6O. The minimum absolute atomic E-state index is 0.213. The second kappa shape index (κ2) is 8.42. The Morgan fingerprint density at radius 1 is 1.33 bits per heavy atom. The normalized spacial score (nSPS) is 17.9. The van der Waals surface area contributed by atoms with Gasteiger partial charge in [0.2, 0.25) is 0 Å². The zero-order chi connectivity index (χ0) is 21.3. The van der Waals surface area contributed by atoms with Gasteiger partial charge in [0.05, 0.1) is 30.2 Å². The van der Waals surface area contributed by atoms with E-state index in [1.165, 1.54) is 5.56 Å². The Kier molecular flexibility index (Phi) is 5.71. The summed E-state index contributed by atoms with van der Waals surface area (Å²) in [6, 6.07) is 10.7. The molecule has 1 aliphatic rings. The number of imidazole rings is 1. The van der Waals surface area contributed by atoms with Gasteiger partial charge in [-0.1, -0.05) is 19.1 Å². The Morgan fingerprint density at radius 3 is 2.87 bits per heavy atom. The number of benzene rings is 1. The summed E-state index contributed by atoms with van der Waals surface area (Å²) in [5.74, 6) is 0.868. The first-order valence-corrected chi connectivity index (χ1v) is 10.4. The van der Waals surface area contributed by atoms with E-state index in [0.717, 1.165) is 54.0 Å². The maximum atomic E-state index is 9.86. The summed E-state index contributed by atoms with van der Waals surface area (Å²) >= 11 is 0. The average Bonchev–Trinajstić information content (AvgIpc) is 3.40. The van der Waals surface area contributed by atoms with Gasteiger partial charge in [-0.3, -0.25) is 4.90 Å². The molecule has 2 atom stereocenters. The summed E-state index contributed by atoms with van der Waals surface area (Å²) in [7, 11) is 5.76. The molecule has 1 saturated heterocycles. The van der Waals surface area contributed by atoms with Crippen LogP contribution in [0.1, 0.15) is 30.5 Å². The van der Waals surface area contributed by atoms with Crippen LogP contribution in [0.15, 0.2) is 36.8 Å². The third kappa shape index (κ3) is 3.64. The van der Waals surface area contributed by atoms with E-state index in [2.05, 4.69) is 57.0 Å². The van der Waals surface area contributed by atoms with Crippen molar-refractivity contribution in [3.63, 3.8) is 0 Å². The van der Waals surface area contributed by atoms with Crippen LogP contribution in [0.2, 0.25) is 0 Å². The minimum atomic E-state index is -0.251. The molecule has 0 radical (unpaired) electrons. The first-order valence-electron chi connectivity index (χ1n) is 10.4. The van der Waals surface area contributed by atoms with Gasteiger partial charge in [0.15, 0.2) is 0 Å². The first-order chi connectivity index (χ1) is 14.5. The average molecular weight is 405 g/mol. The molecule has 0 amide bonds. The third-order valence-corrected chi connectivity index (χ3v) is 6.10. The van der Waals surface area contributed by atoms with Gasteiger partial charge in [0.1, 0.15) is 17.4 Å². The largest absolute Gasteiger partial charge is 0.380 e. The van der Waals surface area contributed by atoms with Crippen molar-refractivity contribution in [3.05, 3.63) is 47.9 Å². The molecule has 7 nitrogen and oxygen atoms in total. The van der Waals surface area contributed by atoms with E-state index in [0.29, 0.717) is 0 Å². The Balaban J connectivity index is 1.64. The monoisotopic (exact) mass is 404 g/mol. The number of aromatic nitrogens is 3. The van der Waals surface area contributed by atoms with Gasteiger partial charge in [-0.25, -0.2) is 9.97 Å². The number of hydrogen-bond donors (Lipinski definition) is 0. The van der Waals surface area contributed by atoms with Crippen molar-refractivity contribution < 1.29 is 4.74 Å². The smallest absolute Gasteiger partial charge is 0.134 e. The SMILES string of the molecule is CCc1cc(C(C#N)N2CC[C@@H](OC)C2)ccc1N(C)c1cc2c(cn1)ncn2C. The number of anilines is 2. The molecule has 3 aromatic rings. The number of nitrogens with zero attached hydrogens (tertiary/aromatic N) is 6. The molecule has 7 heteroatoms. The number of rotatable bonds is 6. The molecule has 1 aromatic carbocycles. The second-order valence-electron chi connectivity index (χ2n) is 7.86. The van der Waals surface area contributed by atoms with E-state index in [-0.39, 0.29) is 12.1 Å². The van der Waals surface area contributed by atoms with Crippen LogP contribution in [-0.4, -0.2) is 52.8 Å². The number of ether oxygens (including phenoxy) is 1. The molecule has 0 spiro atoms. The Hall–Kier alpha value is -2.95. The molecule has 0 saturated carbocycles. The Morgan fingerprint density at radius 2 is 2.17 bits per heavy atom. The van der Waals surface area contributed by atoms with Gasteiger partial charge in [-0.2, -0.15) is 5.26 Å². The van der Waals surface area contributed by atoms with E-state index in [4.69, 9.17) is 4.74 Å². The number of pyridine rings is 1. The Bertz CT molecular complexity index is 1080. The van der Waals surface area contributed by atoms with Crippen LogP contribution >= 0.6 is 0 Å². The van der Waals surface area contributed by atoms with Gasteiger partial charge < -0.3 is 14.2 Å². The van der Waals surface area contributed by atoms with Crippen molar-refractivity contribution in [1.29, 1.82) is 5.26 Å².